The summed E-state index contributed by atoms with van der Waals surface area (Å²) in [5.74, 6) is -0.0551. The Balaban J connectivity index is 1.72. The van der Waals surface area contributed by atoms with Gasteiger partial charge in [-0.2, -0.15) is 0 Å². The van der Waals surface area contributed by atoms with Gasteiger partial charge in [0.2, 0.25) is 0 Å². The van der Waals surface area contributed by atoms with Crippen LogP contribution in [0.1, 0.15) is 27.9 Å². The lowest BCUT2D eigenvalue weighted by atomic mass is 10.1. The van der Waals surface area contributed by atoms with E-state index in [0.29, 0.717) is 17.8 Å². The van der Waals surface area contributed by atoms with Crippen molar-refractivity contribution in [3.8, 4) is 0 Å². The average Bonchev–Trinajstić information content (AvgIpc) is 2.54. The number of benzene rings is 2. The van der Waals surface area contributed by atoms with Crippen LogP contribution in [-0.4, -0.2) is 30.9 Å². The lowest BCUT2D eigenvalue weighted by molar-refractivity contribution is 0.0951. The van der Waals surface area contributed by atoms with Gasteiger partial charge >= 0.3 is 0 Å². The number of rotatable bonds is 7. The van der Waals surface area contributed by atoms with Crippen molar-refractivity contribution in [1.29, 1.82) is 0 Å². The van der Waals surface area contributed by atoms with E-state index in [1.165, 1.54) is 5.56 Å². The van der Waals surface area contributed by atoms with E-state index in [2.05, 4.69) is 41.5 Å². The molecule has 2 rings (SSSR count). The fourth-order valence-electron chi connectivity index (χ4n) is 2.50. The highest BCUT2D eigenvalue weighted by Gasteiger charge is 2.08. The van der Waals surface area contributed by atoms with Crippen LogP contribution in [0.25, 0.3) is 0 Å². The molecule has 2 aromatic carbocycles. The molecule has 122 valence electrons. The second-order valence-electron chi connectivity index (χ2n) is 5.91. The molecular weight excluding hydrogens is 286 g/mol. The summed E-state index contributed by atoms with van der Waals surface area (Å²) in [6.07, 6.45) is 0.913. The number of nitrogens with one attached hydrogen (secondary N) is 1. The van der Waals surface area contributed by atoms with E-state index in [0.717, 1.165) is 25.1 Å². The summed E-state index contributed by atoms with van der Waals surface area (Å²) in [4.78, 5) is 14.4. The topological polar surface area (TPSA) is 58.4 Å². The summed E-state index contributed by atoms with van der Waals surface area (Å²) >= 11 is 0. The summed E-state index contributed by atoms with van der Waals surface area (Å²) in [5, 5.41) is 2.97. The van der Waals surface area contributed by atoms with Crippen molar-refractivity contribution in [2.45, 2.75) is 19.9 Å². The number of carbonyl (C=O) groups excluding carboxylic acids is 1. The molecule has 0 unspecified atom stereocenters. The first-order valence-corrected chi connectivity index (χ1v) is 7.93. The molecule has 3 N–H and O–H groups in total. The molecule has 0 bridgehead atoms. The van der Waals surface area contributed by atoms with E-state index >= 15 is 0 Å². The summed E-state index contributed by atoms with van der Waals surface area (Å²) in [6, 6.07) is 15.8. The number of aryl methyl sites for hydroxylation is 1. The standard InChI is InChI=1S/C19H25N3O/c1-15-9-10-17(20)13-18(15)19(23)21-11-6-12-22(2)14-16-7-4-3-5-8-16/h3-5,7-10,13H,6,11-12,14,20H2,1-2H3,(H,21,23). The Morgan fingerprint density at radius 2 is 1.91 bits per heavy atom. The van der Waals surface area contributed by atoms with Crippen LogP contribution >= 0.6 is 0 Å². The smallest absolute Gasteiger partial charge is 0.251 e. The maximum atomic E-state index is 12.2. The van der Waals surface area contributed by atoms with E-state index in [-0.39, 0.29) is 5.91 Å². The molecule has 0 saturated carbocycles. The van der Waals surface area contributed by atoms with Crippen molar-refractivity contribution in [3.63, 3.8) is 0 Å². The molecule has 0 aromatic heterocycles. The van der Waals surface area contributed by atoms with Gasteiger partial charge in [-0.3, -0.25) is 4.79 Å². The minimum Gasteiger partial charge on any atom is -0.399 e. The third kappa shape index (κ3) is 5.42. The van der Waals surface area contributed by atoms with Crippen LogP contribution in [0.3, 0.4) is 0 Å². The number of nitrogens with zero attached hydrogens (tertiary/aromatic N) is 1. The van der Waals surface area contributed by atoms with Crippen LogP contribution < -0.4 is 11.1 Å². The van der Waals surface area contributed by atoms with Crippen molar-refractivity contribution >= 4 is 11.6 Å². The quantitative estimate of drug-likeness (QED) is 0.610. The monoisotopic (exact) mass is 311 g/mol. The molecule has 4 heteroatoms. The highest BCUT2D eigenvalue weighted by Crippen LogP contribution is 2.12. The second-order valence-corrected chi connectivity index (χ2v) is 5.91. The van der Waals surface area contributed by atoms with Crippen LogP contribution in [0.5, 0.6) is 0 Å². The molecule has 0 radical (unpaired) electrons. The fourth-order valence-corrected chi connectivity index (χ4v) is 2.50. The predicted molar refractivity (Wildman–Crippen MR) is 95.3 cm³/mol. The molecule has 0 spiro atoms. The van der Waals surface area contributed by atoms with Gasteiger partial charge < -0.3 is 16.0 Å². The molecule has 0 aliphatic heterocycles. The van der Waals surface area contributed by atoms with Crippen LogP contribution in [0.15, 0.2) is 48.5 Å². The Labute approximate surface area is 138 Å². The molecule has 4 nitrogen and oxygen atoms in total. The number of nitrogen functional groups attached to an aromatic ring is 1. The summed E-state index contributed by atoms with van der Waals surface area (Å²) in [6.45, 7) is 4.43. The Bertz CT molecular complexity index is 640. The third-order valence-electron chi connectivity index (χ3n) is 3.80. The van der Waals surface area contributed by atoms with Crippen LogP contribution in [0.4, 0.5) is 5.69 Å². The first kappa shape index (κ1) is 17.0. The number of hydrogen-bond acceptors (Lipinski definition) is 3. The SMILES string of the molecule is Cc1ccc(N)cc1C(=O)NCCCN(C)Cc1ccccc1. The minimum absolute atomic E-state index is 0.0551. The molecule has 0 aliphatic carbocycles. The van der Waals surface area contributed by atoms with Crippen LogP contribution in [-0.2, 0) is 6.54 Å². The number of hydrogen-bond donors (Lipinski definition) is 2. The Morgan fingerprint density at radius 1 is 1.17 bits per heavy atom. The number of amides is 1. The van der Waals surface area contributed by atoms with Gasteiger partial charge in [-0.15, -0.1) is 0 Å². The zero-order valence-corrected chi connectivity index (χ0v) is 13.9. The van der Waals surface area contributed by atoms with Crippen molar-refractivity contribution in [2.24, 2.45) is 0 Å². The summed E-state index contributed by atoms with van der Waals surface area (Å²) in [7, 11) is 2.09. The molecule has 0 atom stereocenters. The third-order valence-corrected chi connectivity index (χ3v) is 3.80. The van der Waals surface area contributed by atoms with E-state index in [1.54, 1.807) is 6.07 Å². The molecule has 0 aliphatic rings. The first-order valence-electron chi connectivity index (χ1n) is 7.93. The highest BCUT2D eigenvalue weighted by atomic mass is 16.1. The van der Waals surface area contributed by atoms with Gasteiger partial charge in [0.05, 0.1) is 0 Å². The van der Waals surface area contributed by atoms with E-state index in [4.69, 9.17) is 5.73 Å². The molecule has 1 amide bonds. The van der Waals surface area contributed by atoms with Gasteiger partial charge in [-0.1, -0.05) is 36.4 Å². The second kappa shape index (κ2) is 8.34. The molecule has 0 fully saturated rings. The largest absolute Gasteiger partial charge is 0.399 e. The van der Waals surface area contributed by atoms with Crippen molar-refractivity contribution in [1.82, 2.24) is 10.2 Å². The van der Waals surface area contributed by atoms with Crippen molar-refractivity contribution in [3.05, 3.63) is 65.2 Å². The van der Waals surface area contributed by atoms with Gasteiger partial charge in [0, 0.05) is 24.3 Å². The first-order chi connectivity index (χ1) is 11.1. The molecular formula is C19H25N3O. The van der Waals surface area contributed by atoms with Crippen LogP contribution in [0, 0.1) is 6.92 Å². The molecule has 0 heterocycles. The fraction of sp³-hybridized carbons (Fsp3) is 0.316. The van der Waals surface area contributed by atoms with Gasteiger partial charge in [-0.05, 0) is 50.2 Å². The van der Waals surface area contributed by atoms with Crippen LogP contribution in [0.2, 0.25) is 0 Å². The highest BCUT2D eigenvalue weighted by molar-refractivity contribution is 5.96. The normalized spacial score (nSPS) is 10.7. The van der Waals surface area contributed by atoms with E-state index in [1.807, 2.05) is 25.1 Å². The van der Waals surface area contributed by atoms with Gasteiger partial charge in [0.25, 0.3) is 5.91 Å². The Morgan fingerprint density at radius 3 is 2.65 bits per heavy atom. The summed E-state index contributed by atoms with van der Waals surface area (Å²) < 4.78 is 0. The van der Waals surface area contributed by atoms with Gasteiger partial charge in [0.15, 0.2) is 0 Å². The summed E-state index contributed by atoms with van der Waals surface area (Å²) in [5.41, 5.74) is 9.26. The Hall–Kier alpha value is -2.33. The number of carbonyl (C=O) groups is 1. The zero-order valence-electron chi connectivity index (χ0n) is 13.9. The van der Waals surface area contributed by atoms with Crippen molar-refractivity contribution in [2.75, 3.05) is 25.9 Å². The minimum atomic E-state index is -0.0551. The Kier molecular flexibility index (Phi) is 6.18. The van der Waals surface area contributed by atoms with Gasteiger partial charge in [0.1, 0.15) is 0 Å². The lowest BCUT2D eigenvalue weighted by Gasteiger charge is -2.17. The molecule has 23 heavy (non-hydrogen) atoms. The number of anilines is 1. The number of nitrogens with two attached hydrogens (primary N) is 1. The van der Waals surface area contributed by atoms with Gasteiger partial charge in [-0.25, -0.2) is 0 Å². The maximum Gasteiger partial charge on any atom is 0.251 e. The van der Waals surface area contributed by atoms with E-state index in [9.17, 15) is 4.79 Å². The molecule has 2 aromatic rings. The zero-order chi connectivity index (χ0) is 16.7. The lowest BCUT2D eigenvalue weighted by Crippen LogP contribution is -2.28. The molecule has 0 saturated heterocycles. The van der Waals surface area contributed by atoms with Crippen molar-refractivity contribution < 1.29 is 4.79 Å². The predicted octanol–water partition coefficient (Wildman–Crippen LogP) is 2.83. The van der Waals surface area contributed by atoms with E-state index < -0.39 is 0 Å². The average molecular weight is 311 g/mol. The maximum absolute atomic E-state index is 12.2.